The second-order valence-electron chi connectivity index (χ2n) is 9.01. The summed E-state index contributed by atoms with van der Waals surface area (Å²) in [6.07, 6.45) is -5.51. The molecule has 0 aliphatic carbocycles. The SMILES string of the molecule is CC(c1ccc(N)cc1)(c1ccc(O)cc1)c1ccc(-c2ccc(OC(F)(F)C(F)(F)S(=O)(=O)O)cc2)cc1. The van der Waals surface area contributed by atoms with Crippen molar-refractivity contribution >= 4 is 15.8 Å². The Labute approximate surface area is 222 Å². The van der Waals surface area contributed by atoms with Crippen molar-refractivity contribution in [3.63, 3.8) is 0 Å². The normalized spacial score (nSPS) is 14.0. The zero-order valence-corrected chi connectivity index (χ0v) is 21.2. The Morgan fingerprint density at radius 2 is 1.08 bits per heavy atom. The molecule has 4 rings (SSSR count). The molecule has 39 heavy (non-hydrogen) atoms. The maximum absolute atomic E-state index is 13.8. The van der Waals surface area contributed by atoms with Gasteiger partial charge in [0, 0.05) is 11.1 Å². The van der Waals surface area contributed by atoms with Crippen molar-refractivity contribution in [1.82, 2.24) is 0 Å². The van der Waals surface area contributed by atoms with E-state index in [4.69, 9.17) is 10.3 Å². The van der Waals surface area contributed by atoms with Gasteiger partial charge in [0.25, 0.3) is 0 Å². The summed E-state index contributed by atoms with van der Waals surface area (Å²) in [5.74, 6) is -0.604. The van der Waals surface area contributed by atoms with E-state index in [0.29, 0.717) is 16.8 Å². The summed E-state index contributed by atoms with van der Waals surface area (Å²) in [4.78, 5) is 0. The van der Waals surface area contributed by atoms with Crippen molar-refractivity contribution in [3.05, 3.63) is 114 Å². The highest BCUT2D eigenvalue weighted by molar-refractivity contribution is 7.86. The molecule has 0 saturated carbocycles. The van der Waals surface area contributed by atoms with Gasteiger partial charge in [0.2, 0.25) is 0 Å². The number of nitrogen functional groups attached to an aromatic ring is 1. The van der Waals surface area contributed by atoms with Crippen molar-refractivity contribution < 1.29 is 40.4 Å². The van der Waals surface area contributed by atoms with Crippen LogP contribution in [0.2, 0.25) is 0 Å². The second kappa shape index (κ2) is 9.90. The Morgan fingerprint density at radius 3 is 1.51 bits per heavy atom. The van der Waals surface area contributed by atoms with Crippen LogP contribution in [0.1, 0.15) is 23.6 Å². The molecule has 0 aromatic heterocycles. The summed E-state index contributed by atoms with van der Waals surface area (Å²) in [6.45, 7) is 2.02. The summed E-state index contributed by atoms with van der Waals surface area (Å²) < 4.78 is 88.1. The van der Waals surface area contributed by atoms with Gasteiger partial charge in [-0.3, -0.25) is 4.55 Å². The lowest BCUT2D eigenvalue weighted by atomic mass is 9.71. The van der Waals surface area contributed by atoms with E-state index in [1.165, 1.54) is 12.1 Å². The number of hydrogen-bond donors (Lipinski definition) is 3. The molecule has 0 bridgehead atoms. The maximum Gasteiger partial charge on any atom is 0.483 e. The fraction of sp³-hybridized carbons (Fsp3) is 0.143. The molecule has 0 amide bonds. The van der Waals surface area contributed by atoms with Gasteiger partial charge < -0.3 is 15.6 Å². The number of aromatic hydroxyl groups is 1. The van der Waals surface area contributed by atoms with Gasteiger partial charge >= 0.3 is 21.5 Å². The summed E-state index contributed by atoms with van der Waals surface area (Å²) in [5, 5.41) is 3.93. The molecule has 0 fully saturated rings. The van der Waals surface area contributed by atoms with Gasteiger partial charge in [-0.25, -0.2) is 0 Å². The first-order valence-electron chi connectivity index (χ1n) is 11.4. The first kappa shape index (κ1) is 27.9. The smallest absolute Gasteiger partial charge is 0.483 e. The zero-order chi connectivity index (χ0) is 28.6. The quantitative estimate of drug-likeness (QED) is 0.0988. The summed E-state index contributed by atoms with van der Waals surface area (Å²) in [5.41, 5.74) is 9.80. The number of ether oxygens (including phenoxy) is 1. The number of nitrogens with two attached hydrogens (primary N) is 1. The Balaban J connectivity index is 1.64. The molecule has 4 aromatic rings. The topological polar surface area (TPSA) is 110 Å². The zero-order valence-electron chi connectivity index (χ0n) is 20.4. The maximum atomic E-state index is 13.8. The first-order chi connectivity index (χ1) is 18.1. The minimum Gasteiger partial charge on any atom is -0.508 e. The third-order valence-electron chi connectivity index (χ3n) is 6.49. The molecular weight excluding hydrogens is 538 g/mol. The van der Waals surface area contributed by atoms with Crippen LogP contribution < -0.4 is 10.5 Å². The van der Waals surface area contributed by atoms with Crippen LogP contribution in [0.4, 0.5) is 23.2 Å². The largest absolute Gasteiger partial charge is 0.508 e. The number of rotatable bonds is 8. The molecule has 0 radical (unpaired) electrons. The van der Waals surface area contributed by atoms with Gasteiger partial charge in [0.15, 0.2) is 0 Å². The lowest BCUT2D eigenvalue weighted by Gasteiger charge is -2.32. The number of alkyl halides is 4. The number of anilines is 1. The number of halogens is 4. The third-order valence-corrected chi connectivity index (χ3v) is 7.38. The van der Waals surface area contributed by atoms with Crippen LogP contribution in [0.15, 0.2) is 97.1 Å². The lowest BCUT2D eigenvalue weighted by Crippen LogP contribution is -2.50. The van der Waals surface area contributed by atoms with Gasteiger partial charge in [0.05, 0.1) is 0 Å². The molecule has 0 heterocycles. The highest BCUT2D eigenvalue weighted by atomic mass is 32.2. The monoisotopic (exact) mass is 561 g/mol. The molecule has 204 valence electrons. The van der Waals surface area contributed by atoms with Crippen LogP contribution in [-0.4, -0.2) is 29.4 Å². The van der Waals surface area contributed by atoms with E-state index in [0.717, 1.165) is 28.8 Å². The highest BCUT2D eigenvalue weighted by Crippen LogP contribution is 2.42. The van der Waals surface area contributed by atoms with E-state index < -0.39 is 32.6 Å². The number of benzene rings is 4. The van der Waals surface area contributed by atoms with Gasteiger partial charge in [-0.05, 0) is 71.1 Å². The van der Waals surface area contributed by atoms with E-state index in [1.807, 2.05) is 43.3 Å². The van der Waals surface area contributed by atoms with E-state index in [9.17, 15) is 31.1 Å². The summed E-state index contributed by atoms with van der Waals surface area (Å²) in [7, 11) is -6.42. The molecule has 4 N–H and O–H groups in total. The van der Waals surface area contributed by atoms with Crippen LogP contribution in [0.3, 0.4) is 0 Å². The van der Waals surface area contributed by atoms with E-state index in [2.05, 4.69) is 4.74 Å². The van der Waals surface area contributed by atoms with Crippen molar-refractivity contribution in [2.75, 3.05) is 5.73 Å². The third kappa shape index (κ3) is 5.27. The Kier molecular flexibility index (Phi) is 7.09. The van der Waals surface area contributed by atoms with Gasteiger partial charge in [-0.15, -0.1) is 0 Å². The second-order valence-corrected chi connectivity index (χ2v) is 10.5. The lowest BCUT2D eigenvalue weighted by molar-refractivity contribution is -0.274. The molecular formula is C28H23F4NO5S. The van der Waals surface area contributed by atoms with E-state index in [-0.39, 0.29) is 5.75 Å². The van der Waals surface area contributed by atoms with Crippen LogP contribution in [0.25, 0.3) is 11.1 Å². The number of phenolic OH excluding ortho intramolecular Hbond substituents is 1. The molecule has 0 aliphatic heterocycles. The van der Waals surface area contributed by atoms with Crippen molar-refractivity contribution in [1.29, 1.82) is 0 Å². The van der Waals surface area contributed by atoms with E-state index >= 15 is 0 Å². The molecule has 6 nitrogen and oxygen atoms in total. The Morgan fingerprint density at radius 1 is 0.692 bits per heavy atom. The highest BCUT2D eigenvalue weighted by Gasteiger charge is 2.69. The fourth-order valence-electron chi connectivity index (χ4n) is 4.18. The van der Waals surface area contributed by atoms with Gasteiger partial charge in [-0.1, -0.05) is 60.7 Å². The molecule has 1 unspecified atom stereocenters. The van der Waals surface area contributed by atoms with Gasteiger partial charge in [-0.2, -0.15) is 26.0 Å². The standard InChI is InChI=1S/C28H23F4NO5S/c1-26(21-8-12-23(33)13-9-21,22-10-14-24(34)15-11-22)20-6-2-18(3-7-20)19-4-16-25(17-5-19)38-27(29,30)28(31,32)39(35,36)37/h2-17,34H,33H2,1H3,(H,35,36,37). The van der Waals surface area contributed by atoms with Crippen molar-refractivity contribution in [2.24, 2.45) is 0 Å². The van der Waals surface area contributed by atoms with Crippen LogP contribution in [0, 0.1) is 0 Å². The predicted octanol–water partition coefficient (Wildman–Crippen LogP) is 6.45. The fourth-order valence-corrected chi connectivity index (χ4v) is 4.52. The summed E-state index contributed by atoms with van der Waals surface area (Å²) >= 11 is 0. The Hall–Kier alpha value is -4.09. The van der Waals surface area contributed by atoms with Crippen LogP contribution in [-0.2, 0) is 15.5 Å². The van der Waals surface area contributed by atoms with Gasteiger partial charge in [0.1, 0.15) is 11.5 Å². The predicted molar refractivity (Wildman–Crippen MR) is 138 cm³/mol. The van der Waals surface area contributed by atoms with Crippen molar-refractivity contribution in [3.8, 4) is 22.6 Å². The minimum atomic E-state index is -6.42. The van der Waals surface area contributed by atoms with Crippen molar-refractivity contribution in [2.45, 2.75) is 23.7 Å². The molecule has 1 atom stereocenters. The number of phenols is 1. The average Bonchev–Trinajstić information content (AvgIpc) is 2.89. The van der Waals surface area contributed by atoms with Crippen LogP contribution >= 0.6 is 0 Å². The molecule has 11 heteroatoms. The Bertz CT molecular complexity index is 1510. The van der Waals surface area contributed by atoms with Crippen LogP contribution in [0.5, 0.6) is 11.5 Å². The molecule has 4 aromatic carbocycles. The first-order valence-corrected chi connectivity index (χ1v) is 12.9. The summed E-state index contributed by atoms with van der Waals surface area (Å²) in [6, 6.07) is 26.2. The van der Waals surface area contributed by atoms with E-state index in [1.54, 1.807) is 36.4 Å². The molecule has 0 aliphatic rings. The average molecular weight is 562 g/mol. The minimum absolute atomic E-state index is 0.126. The molecule has 0 saturated heterocycles. The number of hydrogen-bond acceptors (Lipinski definition) is 5. The molecule has 0 spiro atoms.